The first-order valence-electron chi connectivity index (χ1n) is 16.6. The summed E-state index contributed by atoms with van der Waals surface area (Å²) in [5.41, 5.74) is 7.94. The summed E-state index contributed by atoms with van der Waals surface area (Å²) in [5, 5.41) is 4.74. The number of benzene rings is 2. The van der Waals surface area contributed by atoms with Crippen molar-refractivity contribution in [2.45, 2.75) is 88.6 Å². The van der Waals surface area contributed by atoms with Crippen LogP contribution in [0.25, 0.3) is 39.3 Å². The van der Waals surface area contributed by atoms with Gasteiger partial charge in [-0.1, -0.05) is 31.1 Å². The van der Waals surface area contributed by atoms with Crippen molar-refractivity contribution >= 4 is 39.7 Å². The Labute approximate surface area is 263 Å². The summed E-state index contributed by atoms with van der Waals surface area (Å²) in [6, 6.07) is 14.9. The van der Waals surface area contributed by atoms with Gasteiger partial charge in [0.1, 0.15) is 5.82 Å². The number of hydrogen-bond donors (Lipinski definition) is 1. The summed E-state index contributed by atoms with van der Waals surface area (Å²) in [6.45, 7) is 1.57. The van der Waals surface area contributed by atoms with Crippen molar-refractivity contribution in [2.24, 2.45) is 7.05 Å². The summed E-state index contributed by atoms with van der Waals surface area (Å²) in [6.07, 6.45) is 18.2. The Morgan fingerprint density at radius 2 is 1.80 bits per heavy atom. The van der Waals surface area contributed by atoms with Crippen molar-refractivity contribution < 1.29 is 14.0 Å². The molecule has 0 radical (unpaired) electrons. The lowest BCUT2D eigenvalue weighted by Gasteiger charge is -2.44. The molecule has 230 valence electrons. The molecule has 3 aliphatic carbocycles. The molecule has 7 heteroatoms. The van der Waals surface area contributed by atoms with E-state index in [9.17, 15) is 9.59 Å². The maximum atomic E-state index is 14.1. The Hall–Kier alpha value is -4.39. The lowest BCUT2D eigenvalue weighted by molar-refractivity contribution is -0.112. The number of allylic oxidation sites excluding steroid dienone is 1. The number of carbonyl (C=O) groups excluding carboxylic acids is 2. The number of nitrogens with one attached hydrogen (secondary N) is 1. The second-order valence-electron chi connectivity index (χ2n) is 13.5. The van der Waals surface area contributed by atoms with E-state index in [1.807, 2.05) is 36.6 Å². The largest absolute Gasteiger partial charge is 0.472 e. The summed E-state index contributed by atoms with van der Waals surface area (Å²) < 4.78 is 10.1. The topological polar surface area (TPSA) is 82.1 Å². The van der Waals surface area contributed by atoms with Crippen LogP contribution in [0.3, 0.4) is 0 Å². The van der Waals surface area contributed by atoms with E-state index in [0.29, 0.717) is 17.5 Å². The second kappa shape index (κ2) is 10.9. The van der Waals surface area contributed by atoms with Gasteiger partial charge in [-0.3, -0.25) is 9.59 Å². The molecule has 7 nitrogen and oxygen atoms in total. The molecule has 2 aromatic carbocycles. The van der Waals surface area contributed by atoms with Gasteiger partial charge in [-0.2, -0.15) is 0 Å². The van der Waals surface area contributed by atoms with E-state index in [-0.39, 0.29) is 11.7 Å². The number of carbonyl (C=O) groups is 2. The molecule has 0 saturated heterocycles. The fraction of sp³-hybridized carbons (Fsp3) is 0.395. The van der Waals surface area contributed by atoms with Crippen LogP contribution in [0.15, 0.2) is 65.5 Å². The molecule has 1 amide bonds. The maximum absolute atomic E-state index is 14.1. The molecule has 0 bridgehead atoms. The van der Waals surface area contributed by atoms with Crippen LogP contribution in [0.4, 0.5) is 0 Å². The van der Waals surface area contributed by atoms with E-state index >= 15 is 0 Å². The van der Waals surface area contributed by atoms with E-state index in [1.54, 1.807) is 19.3 Å². The Balaban J connectivity index is 1.17. The molecule has 3 heterocycles. The van der Waals surface area contributed by atoms with Crippen LogP contribution in [-0.2, 0) is 17.4 Å². The van der Waals surface area contributed by atoms with Gasteiger partial charge in [0.2, 0.25) is 0 Å². The number of nitrogens with zero attached hydrogens (tertiary/aromatic N) is 3. The highest BCUT2D eigenvalue weighted by Gasteiger charge is 2.46. The molecule has 45 heavy (non-hydrogen) atoms. The highest BCUT2D eigenvalue weighted by molar-refractivity contribution is 6.01. The minimum Gasteiger partial charge on any atom is -0.472 e. The lowest BCUT2D eigenvalue weighted by atomic mass is 9.75. The predicted molar refractivity (Wildman–Crippen MR) is 177 cm³/mol. The molecule has 0 unspecified atom stereocenters. The summed E-state index contributed by atoms with van der Waals surface area (Å²) >= 11 is 0. The molecule has 3 aliphatic rings. The number of rotatable bonds is 8. The van der Waals surface area contributed by atoms with Crippen molar-refractivity contribution in [2.75, 3.05) is 0 Å². The Bertz CT molecular complexity index is 1960. The average molecular weight is 601 g/mol. The quantitative estimate of drug-likeness (QED) is 0.181. The van der Waals surface area contributed by atoms with E-state index in [4.69, 9.17) is 9.40 Å². The van der Waals surface area contributed by atoms with Crippen LogP contribution in [0.2, 0.25) is 0 Å². The number of amides is 1. The minimum absolute atomic E-state index is 0.0282. The Kier molecular flexibility index (Phi) is 6.81. The zero-order valence-corrected chi connectivity index (χ0v) is 26.1. The third kappa shape index (κ3) is 4.66. The highest BCUT2D eigenvalue weighted by Crippen LogP contribution is 2.47. The maximum Gasteiger partial charge on any atom is 0.252 e. The summed E-state index contributed by atoms with van der Waals surface area (Å²) in [4.78, 5) is 30.9. The third-order valence-corrected chi connectivity index (χ3v) is 10.7. The van der Waals surface area contributed by atoms with Gasteiger partial charge in [-0.25, -0.2) is 4.98 Å². The van der Waals surface area contributed by atoms with E-state index in [0.717, 1.165) is 65.6 Å². The standard InChI is InChI=1S/C38H40N4O3/c1-24(43)11-12-25-13-16-31-33(21-25)42(29-9-5-10-29)37(39-31)38(18-6-19-38)40-36(44)27-14-15-30-32(22-27)41(2)35(28-17-20-45-23-28)34(30)26-7-3-4-8-26/h11-17,20-23,26,29H,3-10,18-19H2,1-2H3,(H,40,44)/b12-11+. The smallest absolute Gasteiger partial charge is 0.252 e. The zero-order chi connectivity index (χ0) is 30.7. The molecule has 5 aromatic rings. The van der Waals surface area contributed by atoms with Crippen LogP contribution in [0.5, 0.6) is 0 Å². The Morgan fingerprint density at radius 3 is 2.47 bits per heavy atom. The molecule has 3 fully saturated rings. The van der Waals surface area contributed by atoms with Gasteiger partial charge >= 0.3 is 0 Å². The molecule has 1 N–H and O–H groups in total. The zero-order valence-electron chi connectivity index (χ0n) is 26.1. The first kappa shape index (κ1) is 28.1. The molecule has 0 aliphatic heterocycles. The number of ketones is 1. The van der Waals surface area contributed by atoms with Gasteiger partial charge < -0.3 is 18.9 Å². The molecule has 3 aromatic heterocycles. The van der Waals surface area contributed by atoms with E-state index < -0.39 is 5.54 Å². The number of hydrogen-bond acceptors (Lipinski definition) is 4. The molecule has 8 rings (SSSR count). The number of imidazole rings is 1. The molecule has 0 atom stereocenters. The third-order valence-electron chi connectivity index (χ3n) is 10.7. The first-order chi connectivity index (χ1) is 21.9. The van der Waals surface area contributed by atoms with Crippen molar-refractivity contribution in [1.82, 2.24) is 19.4 Å². The lowest BCUT2D eigenvalue weighted by Crippen LogP contribution is -2.52. The number of aromatic nitrogens is 3. The van der Waals surface area contributed by atoms with Crippen molar-refractivity contribution in [3.63, 3.8) is 0 Å². The normalized spacial score (nSPS) is 18.5. The minimum atomic E-state index is -0.499. The summed E-state index contributed by atoms with van der Waals surface area (Å²) in [7, 11) is 2.11. The van der Waals surface area contributed by atoms with Crippen LogP contribution >= 0.6 is 0 Å². The van der Waals surface area contributed by atoms with E-state index in [1.165, 1.54) is 48.7 Å². The van der Waals surface area contributed by atoms with Gasteiger partial charge in [0.15, 0.2) is 5.78 Å². The van der Waals surface area contributed by atoms with Crippen molar-refractivity contribution in [3.05, 3.63) is 83.6 Å². The SMILES string of the molecule is CC(=O)/C=C/c1ccc2nc(C3(NC(=O)c4ccc5c(C6CCCC6)c(-c6ccoc6)n(C)c5c4)CCC3)n(C3CCC3)c2c1. The highest BCUT2D eigenvalue weighted by atomic mass is 16.3. The van der Waals surface area contributed by atoms with Crippen LogP contribution < -0.4 is 5.32 Å². The second-order valence-corrected chi connectivity index (χ2v) is 13.5. The van der Waals surface area contributed by atoms with Crippen LogP contribution in [0.1, 0.15) is 110 Å². The number of furan rings is 1. The van der Waals surface area contributed by atoms with Crippen molar-refractivity contribution in [1.29, 1.82) is 0 Å². The van der Waals surface area contributed by atoms with Crippen LogP contribution in [-0.4, -0.2) is 25.8 Å². The molecular formula is C38H40N4O3. The van der Waals surface area contributed by atoms with Gasteiger partial charge in [-0.05, 0) is 112 Å². The average Bonchev–Trinajstić information content (AvgIpc) is 3.80. The van der Waals surface area contributed by atoms with Gasteiger partial charge in [-0.15, -0.1) is 0 Å². The number of aryl methyl sites for hydroxylation is 1. The fourth-order valence-corrected chi connectivity index (χ4v) is 7.99. The molecule has 3 saturated carbocycles. The fourth-order valence-electron chi connectivity index (χ4n) is 7.99. The van der Waals surface area contributed by atoms with Crippen LogP contribution in [0, 0.1) is 0 Å². The molecular weight excluding hydrogens is 560 g/mol. The van der Waals surface area contributed by atoms with Crippen molar-refractivity contribution in [3.8, 4) is 11.3 Å². The Morgan fingerprint density at radius 1 is 0.978 bits per heavy atom. The number of fused-ring (bicyclic) bond motifs is 2. The van der Waals surface area contributed by atoms with Gasteiger partial charge in [0.05, 0.1) is 34.8 Å². The van der Waals surface area contributed by atoms with E-state index in [2.05, 4.69) is 39.7 Å². The first-order valence-corrected chi connectivity index (χ1v) is 16.6. The monoisotopic (exact) mass is 600 g/mol. The van der Waals surface area contributed by atoms with Gasteiger partial charge in [0, 0.05) is 35.1 Å². The summed E-state index contributed by atoms with van der Waals surface area (Å²) in [5.74, 6) is 1.47. The van der Waals surface area contributed by atoms with Gasteiger partial charge in [0.25, 0.3) is 5.91 Å². The molecule has 0 spiro atoms. The predicted octanol–water partition coefficient (Wildman–Crippen LogP) is 8.58.